The van der Waals surface area contributed by atoms with Crippen LogP contribution in [0.5, 0.6) is 11.5 Å². The van der Waals surface area contributed by atoms with Crippen LogP contribution < -0.4 is 9.64 Å². The van der Waals surface area contributed by atoms with E-state index in [1.54, 1.807) is 0 Å². The average molecular weight is 490 g/mol. The van der Waals surface area contributed by atoms with Crippen LogP contribution in [0.1, 0.15) is 56.3 Å². The number of carbonyl (C=O) groups excluding carboxylic acids is 1. The van der Waals surface area contributed by atoms with Gasteiger partial charge in [0.15, 0.2) is 11.5 Å². The summed E-state index contributed by atoms with van der Waals surface area (Å²) in [6.45, 7) is 6.68. The van der Waals surface area contributed by atoms with Gasteiger partial charge in [-0.1, -0.05) is 18.2 Å². The third-order valence-corrected chi connectivity index (χ3v) is 9.34. The van der Waals surface area contributed by atoms with E-state index < -0.39 is 0 Å². The quantitative estimate of drug-likeness (QED) is 0.467. The third kappa shape index (κ3) is 4.15. The maximum atomic E-state index is 13.0. The second-order valence-corrected chi connectivity index (χ2v) is 11.4. The van der Waals surface area contributed by atoms with Crippen molar-refractivity contribution in [2.75, 3.05) is 24.5 Å². The first-order valence-corrected chi connectivity index (χ1v) is 14.2. The predicted octanol–water partition coefficient (Wildman–Crippen LogP) is 6.43. The molecule has 2 aromatic carbocycles. The number of benzene rings is 2. The standard InChI is InChI=1S/C29H35N3O2S/c1-3-30(4-2)29(33)20-11-14-26-28(16-20)34-27-10-6-5-9-25(27)32(26)23-17-21-12-13-22(18-23)31(21)19-24-8-7-15-35-24/h5-7,9-11,14-16,21-24H,3-4,8,12-13,17-19H2,1-2H3/t21-,22+,23?,24?. The van der Waals surface area contributed by atoms with E-state index in [-0.39, 0.29) is 5.91 Å². The highest BCUT2D eigenvalue weighted by Gasteiger charge is 2.44. The molecule has 2 aromatic rings. The lowest BCUT2D eigenvalue weighted by Crippen LogP contribution is -2.51. The fraction of sp³-hybridized carbons (Fsp3) is 0.483. The van der Waals surface area contributed by atoms with Crippen molar-refractivity contribution in [2.24, 2.45) is 0 Å². The largest absolute Gasteiger partial charge is 0.453 e. The summed E-state index contributed by atoms with van der Waals surface area (Å²) in [7, 11) is 0. The van der Waals surface area contributed by atoms with Crippen molar-refractivity contribution in [1.82, 2.24) is 9.80 Å². The van der Waals surface area contributed by atoms with Gasteiger partial charge < -0.3 is 14.5 Å². The first-order chi connectivity index (χ1) is 17.2. The van der Waals surface area contributed by atoms with Crippen molar-refractivity contribution in [3.05, 3.63) is 59.5 Å². The fourth-order valence-electron chi connectivity index (χ4n) is 6.54. The van der Waals surface area contributed by atoms with Gasteiger partial charge in [-0.2, -0.15) is 0 Å². The first kappa shape index (κ1) is 23.0. The minimum atomic E-state index is 0.0671. The van der Waals surface area contributed by atoms with E-state index in [0.717, 1.165) is 28.1 Å². The number of para-hydroxylation sites is 2. The monoisotopic (exact) mass is 489 g/mol. The molecule has 4 heterocycles. The van der Waals surface area contributed by atoms with Crippen LogP contribution in [0.3, 0.4) is 0 Å². The van der Waals surface area contributed by atoms with E-state index in [1.807, 2.05) is 48.7 Å². The van der Waals surface area contributed by atoms with Crippen molar-refractivity contribution in [3.63, 3.8) is 0 Å². The van der Waals surface area contributed by atoms with Crippen LogP contribution in [0.25, 0.3) is 0 Å². The number of allylic oxidation sites excluding steroid dienone is 1. The Balaban J connectivity index is 1.30. The SMILES string of the molecule is CCN(CC)C(=O)c1ccc2c(c1)Oc1ccccc1N2C1C[C@H]2CC[C@@H](C1)N2CC1CC=CS1. The summed E-state index contributed by atoms with van der Waals surface area (Å²) in [5.74, 6) is 1.75. The number of ether oxygens (including phenoxy) is 1. The molecule has 0 spiro atoms. The number of fused-ring (bicyclic) bond motifs is 4. The molecular weight excluding hydrogens is 454 g/mol. The van der Waals surface area contributed by atoms with Gasteiger partial charge in [0.05, 0.1) is 11.4 Å². The second kappa shape index (κ2) is 9.55. The van der Waals surface area contributed by atoms with E-state index >= 15 is 0 Å². The smallest absolute Gasteiger partial charge is 0.253 e. The topological polar surface area (TPSA) is 36.0 Å². The van der Waals surface area contributed by atoms with E-state index in [4.69, 9.17) is 4.74 Å². The number of rotatable bonds is 6. The number of hydrogen-bond donors (Lipinski definition) is 0. The molecule has 1 amide bonds. The Morgan fingerprint density at radius 3 is 2.46 bits per heavy atom. The molecule has 4 aliphatic rings. The molecule has 2 bridgehead atoms. The molecule has 6 heteroatoms. The van der Waals surface area contributed by atoms with E-state index in [0.29, 0.717) is 36.8 Å². The lowest BCUT2D eigenvalue weighted by molar-refractivity contribution is 0.0772. The van der Waals surface area contributed by atoms with Crippen LogP contribution in [-0.4, -0.2) is 58.7 Å². The van der Waals surface area contributed by atoms with Crippen molar-refractivity contribution in [1.29, 1.82) is 0 Å². The summed E-state index contributed by atoms with van der Waals surface area (Å²) in [6, 6.07) is 16.2. The molecule has 35 heavy (non-hydrogen) atoms. The number of nitrogens with zero attached hydrogens (tertiary/aromatic N) is 3. The number of anilines is 2. The zero-order chi connectivity index (χ0) is 23.9. The fourth-order valence-corrected chi connectivity index (χ4v) is 7.47. The van der Waals surface area contributed by atoms with Gasteiger partial charge in [-0.15, -0.1) is 11.8 Å². The van der Waals surface area contributed by atoms with E-state index in [9.17, 15) is 4.79 Å². The maximum absolute atomic E-state index is 13.0. The lowest BCUT2D eigenvalue weighted by Gasteiger charge is -2.46. The Kier molecular flexibility index (Phi) is 6.27. The van der Waals surface area contributed by atoms with Crippen molar-refractivity contribution >= 4 is 29.0 Å². The average Bonchev–Trinajstić information content (AvgIpc) is 3.47. The van der Waals surface area contributed by atoms with Crippen molar-refractivity contribution in [3.8, 4) is 11.5 Å². The molecule has 0 radical (unpaired) electrons. The zero-order valence-electron chi connectivity index (χ0n) is 20.7. The van der Waals surface area contributed by atoms with Gasteiger partial charge in [0.25, 0.3) is 5.91 Å². The highest BCUT2D eigenvalue weighted by Crippen LogP contribution is 2.51. The minimum Gasteiger partial charge on any atom is -0.453 e. The number of amides is 1. The molecule has 2 fully saturated rings. The highest BCUT2D eigenvalue weighted by molar-refractivity contribution is 8.03. The second-order valence-electron chi connectivity index (χ2n) is 10.2. The molecule has 0 saturated carbocycles. The first-order valence-electron chi connectivity index (χ1n) is 13.2. The Morgan fingerprint density at radius 2 is 1.74 bits per heavy atom. The van der Waals surface area contributed by atoms with Gasteiger partial charge in [0.2, 0.25) is 0 Å². The Morgan fingerprint density at radius 1 is 1.00 bits per heavy atom. The van der Waals surface area contributed by atoms with Gasteiger partial charge >= 0.3 is 0 Å². The molecule has 4 aliphatic heterocycles. The van der Waals surface area contributed by atoms with Gasteiger partial charge in [-0.3, -0.25) is 9.69 Å². The maximum Gasteiger partial charge on any atom is 0.253 e. The van der Waals surface area contributed by atoms with Crippen LogP contribution in [0, 0.1) is 0 Å². The third-order valence-electron chi connectivity index (χ3n) is 8.27. The molecule has 4 atom stereocenters. The normalized spacial score (nSPS) is 26.9. The number of hydrogen-bond acceptors (Lipinski definition) is 5. The molecule has 0 aliphatic carbocycles. The number of thioether (sulfide) groups is 1. The van der Waals surface area contributed by atoms with Gasteiger partial charge in [-0.25, -0.2) is 0 Å². The molecule has 0 aromatic heterocycles. The molecule has 184 valence electrons. The van der Waals surface area contributed by atoms with Crippen LogP contribution >= 0.6 is 11.8 Å². The number of piperidine rings is 1. The van der Waals surface area contributed by atoms with Gasteiger partial charge in [0, 0.05) is 48.6 Å². The van der Waals surface area contributed by atoms with E-state index in [2.05, 4.69) is 45.5 Å². The zero-order valence-corrected chi connectivity index (χ0v) is 21.5. The van der Waals surface area contributed by atoms with Crippen LogP contribution in [0.15, 0.2) is 53.9 Å². The molecule has 0 N–H and O–H groups in total. The highest BCUT2D eigenvalue weighted by atomic mass is 32.2. The summed E-state index contributed by atoms with van der Waals surface area (Å²) in [5.41, 5.74) is 2.94. The Bertz CT molecular complexity index is 1110. The number of carbonyl (C=O) groups is 1. The molecule has 6 rings (SSSR count). The lowest BCUT2D eigenvalue weighted by atomic mass is 9.93. The van der Waals surface area contributed by atoms with Crippen molar-refractivity contribution in [2.45, 2.75) is 69.3 Å². The summed E-state index contributed by atoms with van der Waals surface area (Å²) < 4.78 is 6.38. The van der Waals surface area contributed by atoms with Gasteiger partial charge in [-0.05, 0) is 81.7 Å². The molecule has 2 unspecified atom stereocenters. The molecular formula is C29H35N3O2S. The van der Waals surface area contributed by atoms with E-state index in [1.165, 1.54) is 38.6 Å². The van der Waals surface area contributed by atoms with Crippen LogP contribution in [0.4, 0.5) is 11.4 Å². The summed E-state index contributed by atoms with van der Waals surface area (Å²) in [5, 5.41) is 3.00. The summed E-state index contributed by atoms with van der Waals surface area (Å²) >= 11 is 2.01. The Hall–Kier alpha value is -2.44. The summed E-state index contributed by atoms with van der Waals surface area (Å²) in [6.07, 6.45) is 8.50. The Labute approximate surface area is 213 Å². The summed E-state index contributed by atoms with van der Waals surface area (Å²) in [4.78, 5) is 20.2. The molecule has 2 saturated heterocycles. The van der Waals surface area contributed by atoms with Crippen LogP contribution in [0.2, 0.25) is 0 Å². The van der Waals surface area contributed by atoms with Crippen molar-refractivity contribution < 1.29 is 9.53 Å². The predicted molar refractivity (Wildman–Crippen MR) is 144 cm³/mol. The van der Waals surface area contributed by atoms with Crippen LogP contribution in [-0.2, 0) is 0 Å². The molecule has 5 nitrogen and oxygen atoms in total. The van der Waals surface area contributed by atoms with Gasteiger partial charge in [0.1, 0.15) is 0 Å². The minimum absolute atomic E-state index is 0.0671.